The molecule has 2 atom stereocenters. The molecule has 2 aromatic carbocycles. The molecular weight excluding hydrogens is 438 g/mol. The maximum absolute atomic E-state index is 14.2. The molecule has 0 aliphatic heterocycles. The summed E-state index contributed by atoms with van der Waals surface area (Å²) >= 11 is 0. The first-order valence-electron chi connectivity index (χ1n) is 11.0. The number of amides is 1. The normalized spacial score (nSPS) is 17.8. The summed E-state index contributed by atoms with van der Waals surface area (Å²) in [5.41, 5.74) is 3.24. The lowest BCUT2D eigenvalue weighted by atomic mass is 9.85. The van der Waals surface area contributed by atoms with Gasteiger partial charge in [-0.05, 0) is 48.2 Å². The van der Waals surface area contributed by atoms with Gasteiger partial charge in [0.1, 0.15) is 23.2 Å². The van der Waals surface area contributed by atoms with Crippen LogP contribution in [0.5, 0.6) is 0 Å². The van der Waals surface area contributed by atoms with Crippen molar-refractivity contribution in [2.75, 3.05) is 0 Å². The third kappa shape index (κ3) is 4.78. The summed E-state index contributed by atoms with van der Waals surface area (Å²) in [6.07, 6.45) is 0.903. The van der Waals surface area contributed by atoms with E-state index < -0.39 is 23.5 Å². The fourth-order valence-electron chi connectivity index (χ4n) is 4.62. The van der Waals surface area contributed by atoms with E-state index in [1.807, 2.05) is 30.3 Å². The molecule has 0 spiro atoms. The summed E-state index contributed by atoms with van der Waals surface area (Å²) < 4.78 is 27.5. The number of rotatable bonds is 6. The van der Waals surface area contributed by atoms with Crippen molar-refractivity contribution < 1.29 is 23.2 Å². The number of nitrogens with zero attached hydrogens (tertiary/aromatic N) is 1. The van der Waals surface area contributed by atoms with Crippen LogP contribution >= 0.6 is 0 Å². The molecule has 3 aromatic rings. The van der Waals surface area contributed by atoms with Gasteiger partial charge in [0.05, 0.1) is 6.20 Å². The molecule has 174 valence electrons. The predicted molar refractivity (Wildman–Crippen MR) is 123 cm³/mol. The number of hydrogen-bond acceptors (Lipinski definition) is 4. The number of aromatic nitrogens is 1. The second kappa shape index (κ2) is 9.63. The minimum absolute atomic E-state index is 0.00353. The molecule has 1 N–H and O–H groups in total. The van der Waals surface area contributed by atoms with Crippen molar-refractivity contribution in [2.24, 2.45) is 5.92 Å². The fourth-order valence-corrected chi connectivity index (χ4v) is 4.62. The van der Waals surface area contributed by atoms with E-state index in [-0.39, 0.29) is 36.0 Å². The predicted octanol–water partition coefficient (Wildman–Crippen LogP) is 4.59. The van der Waals surface area contributed by atoms with Gasteiger partial charge in [0.15, 0.2) is 11.6 Å². The van der Waals surface area contributed by atoms with Crippen molar-refractivity contribution >= 4 is 17.5 Å². The van der Waals surface area contributed by atoms with E-state index in [0.717, 1.165) is 17.8 Å². The largest absolute Gasteiger partial charge is 0.352 e. The molecule has 1 aromatic heterocycles. The van der Waals surface area contributed by atoms with Crippen molar-refractivity contribution in [3.8, 4) is 11.3 Å². The fraction of sp³-hybridized carbons (Fsp3) is 0.259. The molecule has 5 nitrogen and oxygen atoms in total. The molecule has 34 heavy (non-hydrogen) atoms. The van der Waals surface area contributed by atoms with Gasteiger partial charge in [-0.2, -0.15) is 0 Å². The van der Waals surface area contributed by atoms with E-state index in [0.29, 0.717) is 28.8 Å². The Balaban J connectivity index is 1.51. The van der Waals surface area contributed by atoms with Crippen molar-refractivity contribution in [3.63, 3.8) is 0 Å². The van der Waals surface area contributed by atoms with E-state index >= 15 is 0 Å². The van der Waals surface area contributed by atoms with E-state index in [2.05, 4.69) is 10.3 Å². The Bertz CT molecular complexity index is 1250. The van der Waals surface area contributed by atoms with Gasteiger partial charge in [0.2, 0.25) is 5.91 Å². The van der Waals surface area contributed by atoms with Gasteiger partial charge in [-0.1, -0.05) is 30.3 Å². The Morgan fingerprint density at radius 1 is 1.06 bits per heavy atom. The lowest BCUT2D eigenvalue weighted by molar-refractivity contribution is -0.128. The van der Waals surface area contributed by atoms with Crippen molar-refractivity contribution in [2.45, 2.75) is 39.2 Å². The van der Waals surface area contributed by atoms with E-state index in [4.69, 9.17) is 0 Å². The standard InChI is InChI=1S/C27H24F2N2O3/c1-15-8-18(26-21(29)12-20(28)14-31-26)9-16(2)24(15)25-22(32)10-19(27(25)34)11-23(33)30-13-17-6-4-3-5-7-17/h3-9,12,14,19,25H,10-11,13H2,1-2H3,(H,30,33). The highest BCUT2D eigenvalue weighted by Crippen LogP contribution is 2.38. The monoisotopic (exact) mass is 462 g/mol. The summed E-state index contributed by atoms with van der Waals surface area (Å²) in [5, 5.41) is 2.80. The maximum atomic E-state index is 14.2. The summed E-state index contributed by atoms with van der Waals surface area (Å²) in [5.74, 6) is -3.97. The van der Waals surface area contributed by atoms with Gasteiger partial charge in [-0.3, -0.25) is 19.4 Å². The zero-order valence-electron chi connectivity index (χ0n) is 18.9. The molecule has 1 fully saturated rings. The van der Waals surface area contributed by atoms with Crippen LogP contribution in [0.2, 0.25) is 0 Å². The van der Waals surface area contributed by atoms with Gasteiger partial charge in [0.25, 0.3) is 0 Å². The van der Waals surface area contributed by atoms with Crippen LogP contribution in [0.15, 0.2) is 54.7 Å². The quantitative estimate of drug-likeness (QED) is 0.544. The maximum Gasteiger partial charge on any atom is 0.221 e. The van der Waals surface area contributed by atoms with Crippen LogP contribution in [0.3, 0.4) is 0 Å². The molecular formula is C27H24F2N2O3. The smallest absolute Gasteiger partial charge is 0.221 e. The molecule has 0 bridgehead atoms. The zero-order chi connectivity index (χ0) is 24.4. The van der Waals surface area contributed by atoms with Gasteiger partial charge in [-0.15, -0.1) is 0 Å². The first-order chi connectivity index (χ1) is 16.2. The third-order valence-electron chi connectivity index (χ3n) is 6.18. The number of halogens is 2. The second-order valence-electron chi connectivity index (χ2n) is 8.68. The number of carbonyl (C=O) groups is 3. The molecule has 1 saturated carbocycles. The average Bonchev–Trinajstić information content (AvgIpc) is 3.05. The topological polar surface area (TPSA) is 76.1 Å². The zero-order valence-corrected chi connectivity index (χ0v) is 18.9. The number of hydrogen-bond donors (Lipinski definition) is 1. The molecule has 1 heterocycles. The summed E-state index contributed by atoms with van der Waals surface area (Å²) in [7, 11) is 0. The van der Waals surface area contributed by atoms with Crippen LogP contribution in [0, 0.1) is 31.4 Å². The van der Waals surface area contributed by atoms with Crippen molar-refractivity contribution in [3.05, 3.63) is 88.6 Å². The van der Waals surface area contributed by atoms with Crippen molar-refractivity contribution in [1.82, 2.24) is 10.3 Å². The first kappa shape index (κ1) is 23.4. The second-order valence-corrected chi connectivity index (χ2v) is 8.68. The number of carbonyl (C=O) groups excluding carboxylic acids is 3. The Kier molecular flexibility index (Phi) is 6.63. The number of pyridine rings is 1. The number of Topliss-reactive ketones (excluding diaryl/α,β-unsaturated/α-hetero) is 2. The van der Waals surface area contributed by atoms with Gasteiger partial charge in [-0.25, -0.2) is 8.78 Å². The molecule has 4 rings (SSSR count). The van der Waals surface area contributed by atoms with Crippen LogP contribution in [0.25, 0.3) is 11.3 Å². The number of aryl methyl sites for hydroxylation is 2. The summed E-state index contributed by atoms with van der Waals surface area (Å²) in [4.78, 5) is 42.3. The minimum atomic E-state index is -0.952. The first-order valence-corrected chi connectivity index (χ1v) is 11.0. The average molecular weight is 462 g/mol. The van der Waals surface area contributed by atoms with Crippen LogP contribution in [0.4, 0.5) is 8.78 Å². The van der Waals surface area contributed by atoms with E-state index in [1.54, 1.807) is 26.0 Å². The van der Waals surface area contributed by atoms with Crippen LogP contribution < -0.4 is 5.32 Å². The van der Waals surface area contributed by atoms with Gasteiger partial charge >= 0.3 is 0 Å². The molecule has 7 heteroatoms. The highest BCUT2D eigenvalue weighted by atomic mass is 19.1. The SMILES string of the molecule is Cc1cc(-c2ncc(F)cc2F)cc(C)c1C1C(=O)CC(CC(=O)NCc2ccccc2)C1=O. The van der Waals surface area contributed by atoms with Crippen LogP contribution in [-0.2, 0) is 20.9 Å². The lowest BCUT2D eigenvalue weighted by Gasteiger charge is -2.17. The lowest BCUT2D eigenvalue weighted by Crippen LogP contribution is -2.27. The summed E-state index contributed by atoms with van der Waals surface area (Å²) in [6, 6.07) is 13.5. The Hall–Kier alpha value is -3.74. The minimum Gasteiger partial charge on any atom is -0.352 e. The molecule has 0 saturated heterocycles. The Labute approximate surface area is 196 Å². The Morgan fingerprint density at radius 3 is 2.38 bits per heavy atom. The molecule has 1 aliphatic carbocycles. The molecule has 0 radical (unpaired) electrons. The van der Waals surface area contributed by atoms with E-state index in [1.165, 1.54) is 0 Å². The highest BCUT2D eigenvalue weighted by molar-refractivity contribution is 6.15. The summed E-state index contributed by atoms with van der Waals surface area (Å²) in [6.45, 7) is 3.84. The van der Waals surface area contributed by atoms with Crippen LogP contribution in [0.1, 0.15) is 41.0 Å². The van der Waals surface area contributed by atoms with Crippen LogP contribution in [-0.4, -0.2) is 22.5 Å². The highest BCUT2D eigenvalue weighted by Gasteiger charge is 2.43. The molecule has 2 unspecified atom stereocenters. The number of ketones is 2. The van der Waals surface area contributed by atoms with E-state index in [9.17, 15) is 23.2 Å². The van der Waals surface area contributed by atoms with Gasteiger partial charge in [0, 0.05) is 36.9 Å². The number of nitrogens with one attached hydrogen (secondary N) is 1. The number of benzene rings is 2. The third-order valence-corrected chi connectivity index (χ3v) is 6.18. The molecule has 1 amide bonds. The Morgan fingerprint density at radius 2 is 1.74 bits per heavy atom. The van der Waals surface area contributed by atoms with Crippen molar-refractivity contribution in [1.29, 1.82) is 0 Å². The molecule has 1 aliphatic rings. The van der Waals surface area contributed by atoms with Gasteiger partial charge < -0.3 is 5.32 Å².